The Morgan fingerprint density at radius 2 is 2.24 bits per heavy atom. The third-order valence-electron chi connectivity index (χ3n) is 3.85. The van der Waals surface area contributed by atoms with Crippen LogP contribution in [0.2, 0.25) is 0 Å². The molecule has 0 saturated heterocycles. The van der Waals surface area contributed by atoms with Crippen LogP contribution in [0.25, 0.3) is 0 Å². The Hall–Kier alpha value is -2.06. The number of hydrogen-bond acceptors (Lipinski definition) is 4. The molecule has 5 heteroatoms. The maximum atomic E-state index is 12.6. The van der Waals surface area contributed by atoms with E-state index in [0.29, 0.717) is 23.6 Å². The maximum absolute atomic E-state index is 12.6. The van der Waals surface area contributed by atoms with E-state index in [1.807, 2.05) is 13.8 Å². The summed E-state index contributed by atoms with van der Waals surface area (Å²) < 4.78 is 10.8. The minimum Gasteiger partial charge on any atom is -0.497 e. The molecular weight excluding hydrogens is 268 g/mol. The van der Waals surface area contributed by atoms with Crippen molar-refractivity contribution < 1.29 is 14.3 Å². The van der Waals surface area contributed by atoms with Gasteiger partial charge in [-0.05, 0) is 50.8 Å². The van der Waals surface area contributed by atoms with Crippen molar-refractivity contribution in [2.75, 3.05) is 19.0 Å². The first-order valence-electron chi connectivity index (χ1n) is 7.08. The Bertz CT molecular complexity index is 575. The molecule has 0 spiro atoms. The number of nitrogens with one attached hydrogen (secondary N) is 1. The van der Waals surface area contributed by atoms with Gasteiger partial charge in [-0.2, -0.15) is 5.26 Å². The van der Waals surface area contributed by atoms with E-state index in [4.69, 9.17) is 9.47 Å². The molecule has 1 unspecified atom stereocenters. The van der Waals surface area contributed by atoms with Gasteiger partial charge in [0.15, 0.2) is 0 Å². The monoisotopic (exact) mass is 288 g/mol. The Labute approximate surface area is 124 Å². The Kier molecular flexibility index (Phi) is 4.49. The van der Waals surface area contributed by atoms with Gasteiger partial charge in [-0.15, -0.1) is 0 Å². The number of carbonyl (C=O) groups is 1. The van der Waals surface area contributed by atoms with E-state index in [2.05, 4.69) is 11.4 Å². The SMILES string of the molecule is CCOC(C)(C(=O)Nc1ccc(OC)cc1C#N)C1CC1. The number of hydrogen-bond donors (Lipinski definition) is 1. The lowest BCUT2D eigenvalue weighted by Crippen LogP contribution is -2.45. The smallest absolute Gasteiger partial charge is 0.256 e. The number of nitriles is 1. The van der Waals surface area contributed by atoms with Crippen LogP contribution in [0.4, 0.5) is 5.69 Å². The lowest BCUT2D eigenvalue weighted by Gasteiger charge is -2.28. The van der Waals surface area contributed by atoms with Crippen LogP contribution in [0.3, 0.4) is 0 Å². The van der Waals surface area contributed by atoms with E-state index in [1.165, 1.54) is 7.11 Å². The predicted octanol–water partition coefficient (Wildman–Crippen LogP) is 2.71. The molecule has 1 aromatic rings. The molecule has 1 fully saturated rings. The summed E-state index contributed by atoms with van der Waals surface area (Å²) in [4.78, 5) is 12.6. The molecule has 112 valence electrons. The molecule has 5 nitrogen and oxygen atoms in total. The molecule has 1 saturated carbocycles. The van der Waals surface area contributed by atoms with E-state index in [0.717, 1.165) is 12.8 Å². The third-order valence-corrected chi connectivity index (χ3v) is 3.85. The summed E-state index contributed by atoms with van der Waals surface area (Å²) >= 11 is 0. The van der Waals surface area contributed by atoms with Crippen molar-refractivity contribution in [1.29, 1.82) is 5.26 Å². The summed E-state index contributed by atoms with van der Waals surface area (Å²) in [6.07, 6.45) is 2.00. The minimum atomic E-state index is -0.832. The molecule has 0 aliphatic heterocycles. The van der Waals surface area contributed by atoms with Crippen molar-refractivity contribution in [2.45, 2.75) is 32.3 Å². The molecule has 0 bridgehead atoms. The summed E-state index contributed by atoms with van der Waals surface area (Å²) in [6, 6.07) is 7.06. The van der Waals surface area contributed by atoms with Gasteiger partial charge in [0.2, 0.25) is 0 Å². The van der Waals surface area contributed by atoms with Crippen LogP contribution in [-0.4, -0.2) is 25.2 Å². The quantitative estimate of drug-likeness (QED) is 0.873. The maximum Gasteiger partial charge on any atom is 0.256 e. The zero-order valence-electron chi connectivity index (χ0n) is 12.6. The number of rotatable bonds is 6. The van der Waals surface area contributed by atoms with Gasteiger partial charge < -0.3 is 14.8 Å². The van der Waals surface area contributed by atoms with Crippen LogP contribution < -0.4 is 10.1 Å². The van der Waals surface area contributed by atoms with E-state index in [9.17, 15) is 10.1 Å². The molecule has 1 amide bonds. The highest BCUT2D eigenvalue weighted by molar-refractivity contribution is 5.98. The number of amides is 1. The molecule has 0 radical (unpaired) electrons. The molecule has 1 N–H and O–H groups in total. The molecule has 2 rings (SSSR count). The van der Waals surface area contributed by atoms with Gasteiger partial charge in [-0.3, -0.25) is 4.79 Å². The predicted molar refractivity (Wildman–Crippen MR) is 79.1 cm³/mol. The zero-order valence-corrected chi connectivity index (χ0v) is 12.6. The summed E-state index contributed by atoms with van der Waals surface area (Å²) in [5.41, 5.74) is 0.0220. The molecule has 1 aromatic carbocycles. The molecule has 1 atom stereocenters. The molecule has 1 aliphatic rings. The van der Waals surface area contributed by atoms with Gasteiger partial charge >= 0.3 is 0 Å². The summed E-state index contributed by atoms with van der Waals surface area (Å²) in [7, 11) is 1.54. The van der Waals surface area contributed by atoms with Crippen molar-refractivity contribution in [3.63, 3.8) is 0 Å². The lowest BCUT2D eigenvalue weighted by atomic mass is 9.98. The number of carbonyl (C=O) groups excluding carboxylic acids is 1. The van der Waals surface area contributed by atoms with Crippen molar-refractivity contribution in [3.05, 3.63) is 23.8 Å². The summed E-state index contributed by atoms with van der Waals surface area (Å²) in [5, 5.41) is 12.0. The second kappa shape index (κ2) is 6.15. The first-order valence-corrected chi connectivity index (χ1v) is 7.08. The van der Waals surface area contributed by atoms with Gasteiger partial charge in [-0.25, -0.2) is 0 Å². The fourth-order valence-corrected chi connectivity index (χ4v) is 2.40. The fraction of sp³-hybridized carbons (Fsp3) is 0.500. The number of benzene rings is 1. The highest BCUT2D eigenvalue weighted by Gasteiger charge is 2.48. The minimum absolute atomic E-state index is 0.200. The van der Waals surface area contributed by atoms with Gasteiger partial charge in [-0.1, -0.05) is 0 Å². The number of nitrogens with zero attached hydrogens (tertiary/aromatic N) is 1. The first kappa shape index (κ1) is 15.3. The van der Waals surface area contributed by atoms with Crippen LogP contribution >= 0.6 is 0 Å². The van der Waals surface area contributed by atoms with Crippen LogP contribution in [0, 0.1) is 17.2 Å². The van der Waals surface area contributed by atoms with E-state index < -0.39 is 5.60 Å². The fourth-order valence-electron chi connectivity index (χ4n) is 2.40. The van der Waals surface area contributed by atoms with E-state index in [-0.39, 0.29) is 11.8 Å². The largest absolute Gasteiger partial charge is 0.497 e. The van der Waals surface area contributed by atoms with Gasteiger partial charge in [0.25, 0.3) is 5.91 Å². The highest BCUT2D eigenvalue weighted by atomic mass is 16.5. The topological polar surface area (TPSA) is 71.3 Å². The van der Waals surface area contributed by atoms with Gasteiger partial charge in [0.1, 0.15) is 17.4 Å². The number of anilines is 1. The van der Waals surface area contributed by atoms with Crippen molar-refractivity contribution in [2.24, 2.45) is 5.92 Å². The number of ether oxygens (including phenoxy) is 2. The van der Waals surface area contributed by atoms with Crippen molar-refractivity contribution in [1.82, 2.24) is 0 Å². The van der Waals surface area contributed by atoms with E-state index in [1.54, 1.807) is 18.2 Å². The van der Waals surface area contributed by atoms with Gasteiger partial charge in [0.05, 0.1) is 18.4 Å². The normalized spacial score (nSPS) is 16.7. The molecular formula is C16H20N2O3. The Morgan fingerprint density at radius 1 is 1.52 bits per heavy atom. The standard InChI is InChI=1S/C16H20N2O3/c1-4-21-16(2,12-5-6-12)15(19)18-14-8-7-13(20-3)9-11(14)10-17/h7-9,12H,4-6H2,1-3H3,(H,18,19). The average molecular weight is 288 g/mol. The van der Waals surface area contributed by atoms with Crippen LogP contribution in [0.1, 0.15) is 32.3 Å². The van der Waals surface area contributed by atoms with Crippen LogP contribution in [0.15, 0.2) is 18.2 Å². The zero-order chi connectivity index (χ0) is 15.5. The average Bonchev–Trinajstić information content (AvgIpc) is 3.32. The molecule has 0 aromatic heterocycles. The van der Waals surface area contributed by atoms with E-state index >= 15 is 0 Å². The number of methoxy groups -OCH3 is 1. The molecule has 21 heavy (non-hydrogen) atoms. The molecule has 1 aliphatic carbocycles. The highest BCUT2D eigenvalue weighted by Crippen LogP contribution is 2.42. The van der Waals surface area contributed by atoms with Crippen LogP contribution in [-0.2, 0) is 9.53 Å². The summed E-state index contributed by atoms with van der Waals surface area (Å²) in [6.45, 7) is 4.18. The lowest BCUT2D eigenvalue weighted by molar-refractivity contribution is -0.141. The van der Waals surface area contributed by atoms with Crippen LogP contribution in [0.5, 0.6) is 5.75 Å². The van der Waals surface area contributed by atoms with Gasteiger partial charge in [0, 0.05) is 6.61 Å². The first-order chi connectivity index (χ1) is 10.0. The Balaban J connectivity index is 2.21. The third kappa shape index (κ3) is 3.17. The second-order valence-electron chi connectivity index (χ2n) is 5.29. The second-order valence-corrected chi connectivity index (χ2v) is 5.29. The van der Waals surface area contributed by atoms with Crippen molar-refractivity contribution >= 4 is 11.6 Å². The summed E-state index contributed by atoms with van der Waals surface area (Å²) in [5.74, 6) is 0.633. The Morgan fingerprint density at radius 3 is 2.76 bits per heavy atom. The van der Waals surface area contributed by atoms with Crippen molar-refractivity contribution in [3.8, 4) is 11.8 Å². The molecule has 0 heterocycles.